The van der Waals surface area contributed by atoms with Crippen LogP contribution in [0.25, 0.3) is 16.3 Å². The van der Waals surface area contributed by atoms with Crippen LogP contribution in [0.3, 0.4) is 0 Å². The number of carbonyl (C=O) groups excluding carboxylic acids is 1. The number of benzene rings is 1. The van der Waals surface area contributed by atoms with Crippen molar-refractivity contribution in [3.05, 3.63) is 59.6 Å². The molecule has 2 N–H and O–H groups in total. The number of carbonyl (C=O) groups is 1. The summed E-state index contributed by atoms with van der Waals surface area (Å²) in [6.45, 7) is 4.13. The Morgan fingerprint density at radius 1 is 1.15 bits per heavy atom. The Morgan fingerprint density at radius 2 is 1.96 bits per heavy atom. The molecule has 1 aliphatic heterocycles. The Bertz CT molecular complexity index is 851. The first-order valence-electron chi connectivity index (χ1n) is 9.12. The van der Waals surface area contributed by atoms with Gasteiger partial charge < -0.3 is 10.2 Å². The lowest BCUT2D eigenvalue weighted by molar-refractivity contribution is -0.886. The van der Waals surface area contributed by atoms with Crippen LogP contribution in [0.1, 0.15) is 23.3 Å². The van der Waals surface area contributed by atoms with Crippen molar-refractivity contribution < 1.29 is 9.69 Å². The fourth-order valence-corrected chi connectivity index (χ4v) is 4.10. The van der Waals surface area contributed by atoms with Crippen molar-refractivity contribution in [2.24, 2.45) is 0 Å². The minimum atomic E-state index is -0.0669. The molecule has 5 nitrogen and oxygen atoms in total. The zero-order chi connectivity index (χ0) is 17.8. The van der Waals surface area contributed by atoms with Gasteiger partial charge in [-0.1, -0.05) is 24.3 Å². The van der Waals surface area contributed by atoms with Gasteiger partial charge in [0.15, 0.2) is 0 Å². The second-order valence-corrected chi connectivity index (χ2v) is 7.55. The number of amides is 1. The third kappa shape index (κ3) is 3.71. The van der Waals surface area contributed by atoms with Crippen LogP contribution in [0.15, 0.2) is 53.9 Å². The largest absolute Gasteiger partial charge is 0.345 e. The van der Waals surface area contributed by atoms with E-state index in [-0.39, 0.29) is 5.91 Å². The van der Waals surface area contributed by atoms with Crippen LogP contribution in [0, 0.1) is 0 Å². The Kier molecular flexibility index (Phi) is 5.13. The molecule has 0 saturated carbocycles. The van der Waals surface area contributed by atoms with Crippen molar-refractivity contribution in [2.75, 3.05) is 26.2 Å². The average Bonchev–Trinajstić information content (AvgIpc) is 3.42. The smallest absolute Gasteiger partial charge is 0.270 e. The number of quaternary nitrogens is 1. The van der Waals surface area contributed by atoms with E-state index in [0.717, 1.165) is 22.8 Å². The van der Waals surface area contributed by atoms with Crippen molar-refractivity contribution in [2.45, 2.75) is 12.8 Å². The maximum atomic E-state index is 12.8. The van der Waals surface area contributed by atoms with Crippen LogP contribution in [0.2, 0.25) is 0 Å². The number of para-hydroxylation sites is 1. The zero-order valence-corrected chi connectivity index (χ0v) is 15.5. The molecule has 0 bridgehead atoms. The topological polar surface area (TPSA) is 51.4 Å². The van der Waals surface area contributed by atoms with E-state index in [1.165, 1.54) is 25.9 Å². The van der Waals surface area contributed by atoms with E-state index in [2.05, 4.69) is 5.32 Å². The second kappa shape index (κ2) is 7.85. The first-order chi connectivity index (χ1) is 12.8. The maximum Gasteiger partial charge on any atom is 0.270 e. The number of hydrogen-bond acceptors (Lipinski definition) is 3. The summed E-state index contributed by atoms with van der Waals surface area (Å²) < 4.78 is 1.74. The molecule has 0 spiro atoms. The average molecular weight is 367 g/mol. The number of nitrogens with one attached hydrogen (secondary N) is 2. The first kappa shape index (κ1) is 17.0. The molecule has 0 unspecified atom stereocenters. The molecule has 0 atom stereocenters. The van der Waals surface area contributed by atoms with E-state index < -0.39 is 0 Å². The summed E-state index contributed by atoms with van der Waals surface area (Å²) in [5.74, 6) is -0.0669. The highest BCUT2D eigenvalue weighted by Gasteiger charge is 2.19. The molecule has 3 aromatic rings. The van der Waals surface area contributed by atoms with Crippen molar-refractivity contribution in [3.63, 3.8) is 0 Å². The molecular weight excluding hydrogens is 344 g/mol. The van der Waals surface area contributed by atoms with Gasteiger partial charge >= 0.3 is 0 Å². The third-order valence-corrected chi connectivity index (χ3v) is 5.68. The quantitative estimate of drug-likeness (QED) is 0.700. The second-order valence-electron chi connectivity index (χ2n) is 6.60. The molecule has 1 saturated heterocycles. The summed E-state index contributed by atoms with van der Waals surface area (Å²) in [4.78, 5) is 15.5. The standard InChI is InChI=1S/C20H22N4OS/c25-20(21-10-13-23-11-4-5-12-23)18-15-17(19-9-6-14-26-19)22-24(18)16-7-2-1-3-8-16/h1-3,6-9,14-15H,4-5,10-13H2,(H,21,25)/p+1. The summed E-state index contributed by atoms with van der Waals surface area (Å²) in [5, 5.41) is 9.79. The monoisotopic (exact) mass is 367 g/mol. The lowest BCUT2D eigenvalue weighted by Crippen LogP contribution is -3.10. The predicted octanol–water partition coefficient (Wildman–Crippen LogP) is 2.01. The summed E-state index contributed by atoms with van der Waals surface area (Å²) >= 11 is 1.63. The molecule has 1 fully saturated rings. The molecule has 3 heterocycles. The van der Waals surface area contributed by atoms with Crippen LogP contribution in [0.5, 0.6) is 0 Å². The summed E-state index contributed by atoms with van der Waals surface area (Å²) in [5.41, 5.74) is 2.31. The zero-order valence-electron chi connectivity index (χ0n) is 14.6. The van der Waals surface area contributed by atoms with E-state index in [1.54, 1.807) is 20.9 Å². The van der Waals surface area contributed by atoms with Crippen LogP contribution >= 0.6 is 11.3 Å². The Balaban J connectivity index is 1.55. The Morgan fingerprint density at radius 3 is 2.69 bits per heavy atom. The van der Waals surface area contributed by atoms with Crippen molar-refractivity contribution >= 4 is 17.2 Å². The number of hydrogen-bond donors (Lipinski definition) is 2. The molecule has 2 aromatic heterocycles. The van der Waals surface area contributed by atoms with Gasteiger partial charge in [0, 0.05) is 12.8 Å². The molecule has 0 aliphatic carbocycles. The number of likely N-dealkylation sites (tertiary alicyclic amines) is 1. The van der Waals surface area contributed by atoms with E-state index in [1.807, 2.05) is 53.9 Å². The Labute approximate surface area is 157 Å². The maximum absolute atomic E-state index is 12.8. The molecule has 26 heavy (non-hydrogen) atoms. The van der Waals surface area contributed by atoms with Gasteiger partial charge in [0.25, 0.3) is 5.91 Å². The molecular formula is C20H23N4OS+. The van der Waals surface area contributed by atoms with Crippen LogP contribution < -0.4 is 10.2 Å². The Hall–Kier alpha value is -2.44. The van der Waals surface area contributed by atoms with E-state index in [9.17, 15) is 4.79 Å². The predicted molar refractivity (Wildman–Crippen MR) is 104 cm³/mol. The van der Waals surface area contributed by atoms with Crippen LogP contribution in [-0.2, 0) is 0 Å². The van der Waals surface area contributed by atoms with Crippen molar-refractivity contribution in [1.82, 2.24) is 15.1 Å². The molecule has 1 amide bonds. The molecule has 6 heteroatoms. The van der Waals surface area contributed by atoms with Crippen molar-refractivity contribution in [1.29, 1.82) is 0 Å². The summed E-state index contributed by atoms with van der Waals surface area (Å²) in [7, 11) is 0. The lowest BCUT2D eigenvalue weighted by atomic mass is 10.3. The fraction of sp³-hybridized carbons (Fsp3) is 0.300. The van der Waals surface area contributed by atoms with Gasteiger partial charge in [0.2, 0.25) is 0 Å². The van der Waals surface area contributed by atoms with Gasteiger partial charge in [-0.3, -0.25) is 4.79 Å². The number of rotatable bonds is 6. The van der Waals surface area contributed by atoms with Crippen molar-refractivity contribution in [3.8, 4) is 16.3 Å². The third-order valence-electron chi connectivity index (χ3n) is 4.79. The van der Waals surface area contributed by atoms with Crippen LogP contribution in [-0.4, -0.2) is 41.9 Å². The number of nitrogens with zero attached hydrogens (tertiary/aromatic N) is 2. The summed E-state index contributed by atoms with van der Waals surface area (Å²) in [6.07, 6.45) is 2.60. The summed E-state index contributed by atoms with van der Waals surface area (Å²) in [6, 6.07) is 15.7. The highest BCUT2D eigenvalue weighted by Crippen LogP contribution is 2.25. The van der Waals surface area contributed by atoms with Gasteiger partial charge in [-0.05, 0) is 29.6 Å². The van der Waals surface area contributed by atoms with Gasteiger partial charge in [-0.2, -0.15) is 5.10 Å². The molecule has 4 rings (SSSR count). The van der Waals surface area contributed by atoms with Gasteiger partial charge in [-0.25, -0.2) is 4.68 Å². The highest BCUT2D eigenvalue weighted by atomic mass is 32.1. The van der Waals surface area contributed by atoms with Gasteiger partial charge in [0.1, 0.15) is 11.4 Å². The van der Waals surface area contributed by atoms with Crippen LogP contribution in [0.4, 0.5) is 0 Å². The minimum Gasteiger partial charge on any atom is -0.345 e. The SMILES string of the molecule is O=C(NCC[NH+]1CCCC1)c1cc(-c2cccs2)nn1-c1ccccc1. The van der Waals surface area contributed by atoms with E-state index in [4.69, 9.17) is 5.10 Å². The molecule has 134 valence electrons. The molecule has 0 radical (unpaired) electrons. The van der Waals surface area contributed by atoms with E-state index in [0.29, 0.717) is 12.2 Å². The molecule has 1 aromatic carbocycles. The van der Waals surface area contributed by atoms with Gasteiger partial charge in [0.05, 0.1) is 36.7 Å². The van der Waals surface area contributed by atoms with E-state index >= 15 is 0 Å². The lowest BCUT2D eigenvalue weighted by Gasteiger charge is -2.12. The highest BCUT2D eigenvalue weighted by molar-refractivity contribution is 7.13. The number of thiophene rings is 1. The fourth-order valence-electron chi connectivity index (χ4n) is 3.42. The first-order valence-corrected chi connectivity index (χ1v) is 10.0. The van der Waals surface area contributed by atoms with Gasteiger partial charge in [-0.15, -0.1) is 11.3 Å². The minimum absolute atomic E-state index is 0.0669. The molecule has 1 aliphatic rings. The number of aromatic nitrogens is 2. The normalized spacial score (nSPS) is 14.6.